The largest absolute Gasteiger partial charge is 0.365 e. The van der Waals surface area contributed by atoms with Crippen LogP contribution in [-0.2, 0) is 16.9 Å². The van der Waals surface area contributed by atoms with Gasteiger partial charge in [-0.15, -0.1) is 0 Å². The molecule has 2 saturated carbocycles. The van der Waals surface area contributed by atoms with Crippen LogP contribution >= 0.6 is 0 Å². The van der Waals surface area contributed by atoms with Crippen molar-refractivity contribution in [3.63, 3.8) is 0 Å². The number of nitrogens with two attached hydrogens (primary N) is 1. The predicted molar refractivity (Wildman–Crippen MR) is 116 cm³/mol. The van der Waals surface area contributed by atoms with E-state index in [4.69, 9.17) is 5.73 Å². The molecule has 0 atom stereocenters. The van der Waals surface area contributed by atoms with Crippen molar-refractivity contribution in [3.05, 3.63) is 47.4 Å². The molecule has 4 rings (SSSR count). The lowest BCUT2D eigenvalue weighted by molar-refractivity contribution is -0.117. The molecule has 4 N–H and O–H groups in total. The molecule has 8 nitrogen and oxygen atoms in total. The van der Waals surface area contributed by atoms with E-state index in [0.29, 0.717) is 19.4 Å². The number of carbonyl (C=O) groups excluding carboxylic acids is 2. The minimum absolute atomic E-state index is 0.0310. The number of benzene rings is 1. The lowest BCUT2D eigenvalue weighted by Crippen LogP contribution is -2.43. The number of anilines is 1. The predicted octanol–water partition coefficient (Wildman–Crippen LogP) is 2.81. The summed E-state index contributed by atoms with van der Waals surface area (Å²) < 4.78 is 14.7. The summed E-state index contributed by atoms with van der Waals surface area (Å²) in [4.78, 5) is 24.2. The van der Waals surface area contributed by atoms with Crippen molar-refractivity contribution >= 4 is 17.6 Å². The Morgan fingerprint density at radius 2 is 1.91 bits per heavy atom. The molecule has 9 heteroatoms. The van der Waals surface area contributed by atoms with Gasteiger partial charge in [0.2, 0.25) is 5.91 Å². The molecule has 0 bridgehead atoms. The molecular formula is C23H27FN6O2. The second-order valence-corrected chi connectivity index (χ2v) is 8.80. The molecule has 0 spiro atoms. The number of nitrogens with one attached hydrogen (secondary N) is 2. The first-order chi connectivity index (χ1) is 15.4. The molecule has 2 aliphatic rings. The van der Waals surface area contributed by atoms with Gasteiger partial charge < -0.3 is 16.4 Å². The van der Waals surface area contributed by atoms with E-state index in [2.05, 4.69) is 21.8 Å². The third-order valence-electron chi connectivity index (χ3n) is 6.49. The number of rotatable bonds is 8. The number of carbonyl (C=O) groups is 2. The minimum atomic E-state index is -0.663. The quantitative estimate of drug-likeness (QED) is 0.584. The molecule has 2 amide bonds. The van der Waals surface area contributed by atoms with Gasteiger partial charge in [0, 0.05) is 24.7 Å². The summed E-state index contributed by atoms with van der Waals surface area (Å²) in [5.41, 5.74) is 6.14. The molecule has 32 heavy (non-hydrogen) atoms. The molecule has 0 saturated heterocycles. The fraction of sp³-hybridized carbons (Fsp3) is 0.478. The molecule has 1 aromatic carbocycles. The van der Waals surface area contributed by atoms with Gasteiger partial charge >= 0.3 is 0 Å². The Morgan fingerprint density at radius 1 is 1.22 bits per heavy atom. The van der Waals surface area contributed by atoms with E-state index in [1.807, 2.05) is 0 Å². The van der Waals surface area contributed by atoms with Crippen molar-refractivity contribution in [1.82, 2.24) is 15.1 Å². The SMILES string of the molecule is N#CC[C@]1(n2cc(C(N)=O)c(NC(=O)C3CC3)n2)CC[C@H](NCc2ccc(F)cc2)CC1. The normalized spacial score (nSPS) is 22.8. The highest BCUT2D eigenvalue weighted by Crippen LogP contribution is 2.39. The van der Waals surface area contributed by atoms with Gasteiger partial charge in [0.05, 0.1) is 18.0 Å². The number of aromatic nitrogens is 2. The second kappa shape index (κ2) is 9.09. The van der Waals surface area contributed by atoms with E-state index < -0.39 is 11.4 Å². The van der Waals surface area contributed by atoms with Crippen molar-refractivity contribution < 1.29 is 14.0 Å². The lowest BCUT2D eigenvalue weighted by Gasteiger charge is -2.39. The van der Waals surface area contributed by atoms with Crippen molar-refractivity contribution in [2.24, 2.45) is 11.7 Å². The Morgan fingerprint density at radius 3 is 2.50 bits per heavy atom. The van der Waals surface area contributed by atoms with Gasteiger partial charge in [-0.25, -0.2) is 4.39 Å². The Kier molecular flexibility index (Phi) is 6.24. The first-order valence-corrected chi connectivity index (χ1v) is 11.0. The average molecular weight is 439 g/mol. The third-order valence-corrected chi connectivity index (χ3v) is 6.49. The highest BCUT2D eigenvalue weighted by molar-refractivity contribution is 6.02. The van der Waals surface area contributed by atoms with Crippen LogP contribution in [0, 0.1) is 23.1 Å². The van der Waals surface area contributed by atoms with Gasteiger partial charge in [0.25, 0.3) is 5.91 Å². The fourth-order valence-electron chi connectivity index (χ4n) is 4.31. The van der Waals surface area contributed by atoms with Crippen molar-refractivity contribution in [3.8, 4) is 6.07 Å². The molecule has 0 aliphatic heterocycles. The smallest absolute Gasteiger partial charge is 0.254 e. The summed E-state index contributed by atoms with van der Waals surface area (Å²) in [7, 11) is 0. The Labute approximate surface area is 186 Å². The summed E-state index contributed by atoms with van der Waals surface area (Å²) in [6, 6.07) is 8.94. The number of nitriles is 1. The summed E-state index contributed by atoms with van der Waals surface area (Å²) in [6.45, 7) is 0.640. The first-order valence-electron chi connectivity index (χ1n) is 11.0. The number of primary amides is 1. The maximum absolute atomic E-state index is 13.1. The van der Waals surface area contributed by atoms with E-state index in [9.17, 15) is 19.2 Å². The molecule has 0 unspecified atom stereocenters. The van der Waals surface area contributed by atoms with Crippen LogP contribution in [0.5, 0.6) is 0 Å². The average Bonchev–Trinajstić information content (AvgIpc) is 3.54. The molecule has 0 radical (unpaired) electrons. The van der Waals surface area contributed by atoms with Crippen molar-refractivity contribution in [2.45, 2.75) is 63.1 Å². The molecule has 1 heterocycles. The van der Waals surface area contributed by atoms with Gasteiger partial charge in [-0.3, -0.25) is 14.3 Å². The number of amides is 2. The van der Waals surface area contributed by atoms with E-state index in [0.717, 1.165) is 31.2 Å². The molecule has 2 fully saturated rings. The van der Waals surface area contributed by atoms with E-state index in [1.54, 1.807) is 23.0 Å². The highest BCUT2D eigenvalue weighted by atomic mass is 19.1. The van der Waals surface area contributed by atoms with Crippen molar-refractivity contribution in [1.29, 1.82) is 5.26 Å². The molecule has 168 valence electrons. The van der Waals surface area contributed by atoms with Crippen LogP contribution in [0.4, 0.5) is 10.2 Å². The zero-order valence-electron chi connectivity index (χ0n) is 17.8. The second-order valence-electron chi connectivity index (χ2n) is 8.80. The van der Waals surface area contributed by atoms with Crippen molar-refractivity contribution in [2.75, 3.05) is 5.32 Å². The van der Waals surface area contributed by atoms with E-state index in [1.165, 1.54) is 12.1 Å². The van der Waals surface area contributed by atoms with Gasteiger partial charge in [-0.2, -0.15) is 10.4 Å². The third kappa shape index (κ3) is 4.81. The minimum Gasteiger partial charge on any atom is -0.365 e. The Hall–Kier alpha value is -3.25. The summed E-state index contributed by atoms with van der Waals surface area (Å²) in [5, 5.41) is 20.2. The summed E-state index contributed by atoms with van der Waals surface area (Å²) in [5.74, 6) is -0.931. The zero-order valence-corrected chi connectivity index (χ0v) is 17.8. The number of hydrogen-bond acceptors (Lipinski definition) is 5. The van der Waals surface area contributed by atoms with Crippen LogP contribution in [0.3, 0.4) is 0 Å². The van der Waals surface area contributed by atoms with Crippen LogP contribution in [0.15, 0.2) is 30.5 Å². The maximum atomic E-state index is 13.1. The molecular weight excluding hydrogens is 411 g/mol. The van der Waals surface area contributed by atoms with Crippen LogP contribution in [0.25, 0.3) is 0 Å². The van der Waals surface area contributed by atoms with Crippen LogP contribution in [0.2, 0.25) is 0 Å². The van der Waals surface area contributed by atoms with Crippen LogP contribution < -0.4 is 16.4 Å². The van der Waals surface area contributed by atoms with Gasteiger partial charge in [0.1, 0.15) is 11.4 Å². The Bertz CT molecular complexity index is 1030. The first kappa shape index (κ1) is 22.0. The lowest BCUT2D eigenvalue weighted by atomic mass is 9.77. The zero-order chi connectivity index (χ0) is 22.7. The number of nitrogens with zero attached hydrogens (tertiary/aromatic N) is 3. The number of hydrogen-bond donors (Lipinski definition) is 3. The molecule has 2 aromatic rings. The van der Waals surface area contributed by atoms with Gasteiger partial charge in [-0.05, 0) is 56.2 Å². The van der Waals surface area contributed by atoms with E-state index >= 15 is 0 Å². The Balaban J connectivity index is 1.46. The number of halogens is 1. The summed E-state index contributed by atoms with van der Waals surface area (Å²) >= 11 is 0. The van der Waals surface area contributed by atoms with Gasteiger partial charge in [0.15, 0.2) is 5.82 Å². The molecule has 1 aromatic heterocycles. The van der Waals surface area contributed by atoms with Crippen LogP contribution in [0.1, 0.15) is 60.9 Å². The molecule has 2 aliphatic carbocycles. The topological polar surface area (TPSA) is 126 Å². The monoisotopic (exact) mass is 438 g/mol. The maximum Gasteiger partial charge on any atom is 0.254 e. The van der Waals surface area contributed by atoms with Gasteiger partial charge in [-0.1, -0.05) is 12.1 Å². The summed E-state index contributed by atoms with van der Waals surface area (Å²) in [6.07, 6.45) is 6.50. The van der Waals surface area contributed by atoms with Crippen LogP contribution in [-0.4, -0.2) is 27.6 Å². The van der Waals surface area contributed by atoms with E-state index in [-0.39, 0.29) is 41.5 Å². The fourth-order valence-corrected chi connectivity index (χ4v) is 4.31. The standard InChI is InChI=1S/C23H27FN6O2/c24-17-5-1-15(2-6-17)13-27-18-7-9-23(10-8-18,11-12-25)30-14-19(20(26)31)21(29-30)28-22(32)16-3-4-16/h1-2,5-6,14,16,18,27H,3-4,7-11,13H2,(H2,26,31)(H,28,29,32)/t18-,23-. The highest BCUT2D eigenvalue weighted by Gasteiger charge is 2.39.